The van der Waals surface area contributed by atoms with Crippen molar-refractivity contribution in [3.8, 4) is 6.07 Å². The average molecular weight is 309 g/mol. The van der Waals surface area contributed by atoms with Crippen molar-refractivity contribution in [3.63, 3.8) is 0 Å². The summed E-state index contributed by atoms with van der Waals surface area (Å²) >= 11 is 0. The third-order valence-electron chi connectivity index (χ3n) is 3.88. The van der Waals surface area contributed by atoms with Gasteiger partial charge in [0.05, 0.1) is 6.07 Å². The molecule has 1 N–H and O–H groups in total. The molecule has 1 aromatic heterocycles. The van der Waals surface area contributed by atoms with E-state index in [4.69, 9.17) is 5.26 Å². The quantitative estimate of drug-likeness (QED) is 0.925. The lowest BCUT2D eigenvalue weighted by atomic mass is 10.1. The SMILES string of the molecule is CC(C)(C#N)NC(=O)c1cc(N2C=CC=NC2C2CC2)ccn1. The van der Waals surface area contributed by atoms with Crippen molar-refractivity contribution >= 4 is 17.8 Å². The van der Waals surface area contributed by atoms with Crippen LogP contribution in [0.5, 0.6) is 0 Å². The summed E-state index contributed by atoms with van der Waals surface area (Å²) in [5.74, 6) is 0.213. The van der Waals surface area contributed by atoms with Gasteiger partial charge in [-0.05, 0) is 50.8 Å². The van der Waals surface area contributed by atoms with Gasteiger partial charge in [0.2, 0.25) is 0 Å². The van der Waals surface area contributed by atoms with E-state index in [0.29, 0.717) is 11.6 Å². The molecule has 3 rings (SSSR count). The van der Waals surface area contributed by atoms with E-state index in [9.17, 15) is 4.79 Å². The van der Waals surface area contributed by atoms with Gasteiger partial charge in [0.25, 0.3) is 5.91 Å². The molecule has 2 aliphatic rings. The zero-order valence-corrected chi connectivity index (χ0v) is 13.2. The third kappa shape index (κ3) is 3.39. The highest BCUT2D eigenvalue weighted by molar-refractivity contribution is 5.94. The second-order valence-corrected chi connectivity index (χ2v) is 6.39. The lowest BCUT2D eigenvalue weighted by Crippen LogP contribution is -2.42. The molecule has 23 heavy (non-hydrogen) atoms. The Kier molecular flexibility index (Phi) is 3.87. The van der Waals surface area contributed by atoms with Crippen LogP contribution in [0.4, 0.5) is 5.69 Å². The first-order valence-electron chi connectivity index (χ1n) is 7.68. The highest BCUT2D eigenvalue weighted by Crippen LogP contribution is 2.38. The normalized spacial score (nSPS) is 20.2. The summed E-state index contributed by atoms with van der Waals surface area (Å²) in [6.07, 6.45) is 9.75. The van der Waals surface area contributed by atoms with Gasteiger partial charge in [0.1, 0.15) is 17.4 Å². The predicted octanol–water partition coefficient (Wildman–Crippen LogP) is 2.25. The van der Waals surface area contributed by atoms with Crippen LogP contribution in [0, 0.1) is 17.2 Å². The highest BCUT2D eigenvalue weighted by atomic mass is 16.2. The zero-order chi connectivity index (χ0) is 16.4. The molecule has 0 aromatic carbocycles. The van der Waals surface area contributed by atoms with Crippen LogP contribution in [0.15, 0.2) is 35.6 Å². The minimum Gasteiger partial charge on any atom is -0.333 e. The maximum Gasteiger partial charge on any atom is 0.271 e. The number of carbonyl (C=O) groups excluding carboxylic acids is 1. The number of carbonyl (C=O) groups is 1. The molecule has 1 atom stereocenters. The van der Waals surface area contributed by atoms with Gasteiger partial charge in [-0.1, -0.05) is 0 Å². The third-order valence-corrected chi connectivity index (χ3v) is 3.88. The maximum absolute atomic E-state index is 12.3. The molecule has 0 spiro atoms. The zero-order valence-electron chi connectivity index (χ0n) is 13.2. The second kappa shape index (κ2) is 5.84. The van der Waals surface area contributed by atoms with Crippen molar-refractivity contribution in [1.29, 1.82) is 5.26 Å². The van der Waals surface area contributed by atoms with Crippen LogP contribution >= 0.6 is 0 Å². The summed E-state index contributed by atoms with van der Waals surface area (Å²) in [5, 5.41) is 11.7. The van der Waals surface area contributed by atoms with Gasteiger partial charge in [-0.15, -0.1) is 0 Å². The number of pyridine rings is 1. The molecule has 6 nitrogen and oxygen atoms in total. The van der Waals surface area contributed by atoms with E-state index < -0.39 is 5.54 Å². The Morgan fingerprint density at radius 2 is 2.26 bits per heavy atom. The van der Waals surface area contributed by atoms with Gasteiger partial charge in [-0.3, -0.25) is 14.8 Å². The molecule has 1 unspecified atom stereocenters. The fourth-order valence-electron chi connectivity index (χ4n) is 2.49. The topological polar surface area (TPSA) is 81.4 Å². The molecule has 6 heteroatoms. The summed E-state index contributed by atoms with van der Waals surface area (Å²) in [7, 11) is 0. The van der Waals surface area contributed by atoms with Crippen LogP contribution in [-0.4, -0.2) is 28.8 Å². The van der Waals surface area contributed by atoms with Gasteiger partial charge in [-0.2, -0.15) is 5.26 Å². The van der Waals surface area contributed by atoms with Crippen LogP contribution in [0.2, 0.25) is 0 Å². The first-order valence-corrected chi connectivity index (χ1v) is 7.68. The summed E-state index contributed by atoms with van der Waals surface area (Å²) in [6, 6.07) is 5.66. The van der Waals surface area contributed by atoms with E-state index >= 15 is 0 Å². The van der Waals surface area contributed by atoms with Crippen LogP contribution in [0.25, 0.3) is 0 Å². The Bertz CT molecular complexity index is 712. The molecular formula is C17H19N5O. The number of hydrogen-bond acceptors (Lipinski definition) is 5. The minimum absolute atomic E-state index is 0.0915. The Balaban J connectivity index is 1.82. The van der Waals surface area contributed by atoms with E-state index in [-0.39, 0.29) is 12.1 Å². The number of amides is 1. The number of hydrogen-bond donors (Lipinski definition) is 1. The van der Waals surface area contributed by atoms with Gasteiger partial charge < -0.3 is 10.2 Å². The summed E-state index contributed by atoms with van der Waals surface area (Å²) in [6.45, 7) is 3.31. The number of aliphatic imine (C=N–C) groups is 1. The Morgan fingerprint density at radius 1 is 1.48 bits per heavy atom. The fraction of sp³-hybridized carbons (Fsp3) is 0.412. The molecule has 0 bridgehead atoms. The van der Waals surface area contributed by atoms with Gasteiger partial charge in [0, 0.05) is 24.3 Å². The van der Waals surface area contributed by atoms with E-state index in [1.165, 1.54) is 12.8 Å². The van der Waals surface area contributed by atoms with Crippen molar-refractivity contribution in [2.75, 3.05) is 4.90 Å². The molecule has 2 heterocycles. The number of nitriles is 1. The fourth-order valence-corrected chi connectivity index (χ4v) is 2.49. The van der Waals surface area contributed by atoms with Gasteiger partial charge in [-0.25, -0.2) is 0 Å². The van der Waals surface area contributed by atoms with Crippen molar-refractivity contribution < 1.29 is 4.79 Å². The Hall–Kier alpha value is -2.68. The van der Waals surface area contributed by atoms with E-state index in [1.807, 2.05) is 30.6 Å². The van der Waals surface area contributed by atoms with Crippen LogP contribution in [0.3, 0.4) is 0 Å². The van der Waals surface area contributed by atoms with Crippen molar-refractivity contribution in [2.24, 2.45) is 10.9 Å². The second-order valence-electron chi connectivity index (χ2n) is 6.39. The number of nitrogens with zero attached hydrogens (tertiary/aromatic N) is 4. The smallest absolute Gasteiger partial charge is 0.271 e. The highest BCUT2D eigenvalue weighted by Gasteiger charge is 2.35. The number of aromatic nitrogens is 1. The van der Waals surface area contributed by atoms with E-state index in [1.54, 1.807) is 26.1 Å². The lowest BCUT2D eigenvalue weighted by Gasteiger charge is -2.29. The average Bonchev–Trinajstić information content (AvgIpc) is 3.39. The molecule has 1 aliphatic heterocycles. The van der Waals surface area contributed by atoms with Crippen LogP contribution < -0.4 is 10.2 Å². The number of allylic oxidation sites excluding steroid dienone is 1. The molecule has 1 saturated carbocycles. The summed E-state index contributed by atoms with van der Waals surface area (Å²) < 4.78 is 0. The van der Waals surface area contributed by atoms with E-state index in [2.05, 4.69) is 20.2 Å². The van der Waals surface area contributed by atoms with Crippen LogP contribution in [0.1, 0.15) is 37.2 Å². The molecular weight excluding hydrogens is 290 g/mol. The first kappa shape index (κ1) is 15.2. The standard InChI is InChI=1S/C17H19N5O/c1-17(2,11-18)21-16(23)14-10-13(6-8-19-14)22-9-3-7-20-15(22)12-4-5-12/h3,6-10,12,15H,4-5H2,1-2H3,(H,21,23). The molecule has 1 aromatic rings. The van der Waals surface area contributed by atoms with Gasteiger partial charge in [0.15, 0.2) is 0 Å². The molecule has 0 saturated heterocycles. The maximum atomic E-state index is 12.3. The number of nitrogens with one attached hydrogen (secondary N) is 1. The Morgan fingerprint density at radius 3 is 2.96 bits per heavy atom. The van der Waals surface area contributed by atoms with Crippen molar-refractivity contribution in [1.82, 2.24) is 10.3 Å². The Labute approximate surface area is 135 Å². The van der Waals surface area contributed by atoms with E-state index in [0.717, 1.165) is 5.69 Å². The molecule has 1 fully saturated rings. The van der Waals surface area contributed by atoms with Gasteiger partial charge >= 0.3 is 0 Å². The van der Waals surface area contributed by atoms with Crippen molar-refractivity contribution in [3.05, 3.63) is 36.3 Å². The first-order chi connectivity index (χ1) is 11.0. The van der Waals surface area contributed by atoms with Crippen molar-refractivity contribution in [2.45, 2.75) is 38.4 Å². The van der Waals surface area contributed by atoms with Crippen LogP contribution in [-0.2, 0) is 0 Å². The summed E-state index contributed by atoms with van der Waals surface area (Å²) in [5.41, 5.74) is 0.244. The predicted molar refractivity (Wildman–Crippen MR) is 88.0 cm³/mol. The molecule has 1 amide bonds. The molecule has 1 aliphatic carbocycles. The molecule has 118 valence electrons. The number of rotatable bonds is 4. The lowest BCUT2D eigenvalue weighted by molar-refractivity contribution is 0.0924. The molecule has 0 radical (unpaired) electrons. The minimum atomic E-state index is -0.930. The number of anilines is 1. The monoisotopic (exact) mass is 309 g/mol. The summed E-state index contributed by atoms with van der Waals surface area (Å²) in [4.78, 5) is 23.0. The largest absolute Gasteiger partial charge is 0.333 e.